The summed E-state index contributed by atoms with van der Waals surface area (Å²) in [4.78, 5) is 27.8. The molecule has 1 aromatic heterocycles. The SMILES string of the molecule is CCOC(=O)C(C)NC(=O)c1ccc2ccccc2n1. The van der Waals surface area contributed by atoms with E-state index in [0.717, 1.165) is 10.9 Å². The molecule has 0 saturated carbocycles. The molecule has 1 N–H and O–H groups in total. The summed E-state index contributed by atoms with van der Waals surface area (Å²) in [7, 11) is 0. The van der Waals surface area contributed by atoms with Crippen LogP contribution in [0.2, 0.25) is 0 Å². The van der Waals surface area contributed by atoms with Crippen LogP contribution in [-0.2, 0) is 9.53 Å². The highest BCUT2D eigenvalue weighted by atomic mass is 16.5. The lowest BCUT2D eigenvalue weighted by Gasteiger charge is -2.12. The van der Waals surface area contributed by atoms with Gasteiger partial charge in [-0.3, -0.25) is 4.79 Å². The molecule has 1 unspecified atom stereocenters. The van der Waals surface area contributed by atoms with Crippen LogP contribution in [-0.4, -0.2) is 29.5 Å². The molecule has 0 fully saturated rings. The monoisotopic (exact) mass is 272 g/mol. The second kappa shape index (κ2) is 6.14. The molecule has 2 rings (SSSR count). The highest BCUT2D eigenvalue weighted by Crippen LogP contribution is 2.11. The van der Waals surface area contributed by atoms with Crippen LogP contribution in [0.5, 0.6) is 0 Å². The van der Waals surface area contributed by atoms with Gasteiger partial charge in [0.15, 0.2) is 0 Å². The first-order valence-corrected chi connectivity index (χ1v) is 6.45. The van der Waals surface area contributed by atoms with Crippen molar-refractivity contribution in [2.75, 3.05) is 6.61 Å². The molecule has 20 heavy (non-hydrogen) atoms. The minimum atomic E-state index is -0.698. The third-order valence-corrected chi connectivity index (χ3v) is 2.82. The molecule has 0 saturated heterocycles. The van der Waals surface area contributed by atoms with Gasteiger partial charge in [0.1, 0.15) is 11.7 Å². The van der Waals surface area contributed by atoms with E-state index in [1.165, 1.54) is 0 Å². The van der Waals surface area contributed by atoms with Gasteiger partial charge in [-0.1, -0.05) is 24.3 Å². The molecule has 0 bridgehead atoms. The molecule has 0 radical (unpaired) electrons. The zero-order valence-electron chi connectivity index (χ0n) is 11.4. The summed E-state index contributed by atoms with van der Waals surface area (Å²) in [5.41, 5.74) is 1.02. The molecular formula is C15H16N2O3. The van der Waals surface area contributed by atoms with Crippen LogP contribution in [0.1, 0.15) is 24.3 Å². The van der Waals surface area contributed by atoms with Crippen molar-refractivity contribution in [3.05, 3.63) is 42.1 Å². The van der Waals surface area contributed by atoms with Crippen molar-refractivity contribution in [3.8, 4) is 0 Å². The molecule has 0 aliphatic heterocycles. The van der Waals surface area contributed by atoms with Gasteiger partial charge in [0, 0.05) is 5.39 Å². The van der Waals surface area contributed by atoms with E-state index in [1.54, 1.807) is 19.9 Å². The van der Waals surface area contributed by atoms with Crippen LogP contribution in [0.25, 0.3) is 10.9 Å². The number of benzene rings is 1. The van der Waals surface area contributed by atoms with Crippen LogP contribution < -0.4 is 5.32 Å². The number of pyridine rings is 1. The molecule has 0 spiro atoms. The highest BCUT2D eigenvalue weighted by Gasteiger charge is 2.18. The van der Waals surface area contributed by atoms with Crippen molar-refractivity contribution in [1.29, 1.82) is 0 Å². The number of esters is 1. The largest absolute Gasteiger partial charge is 0.464 e. The Morgan fingerprint density at radius 3 is 2.75 bits per heavy atom. The highest BCUT2D eigenvalue weighted by molar-refractivity contribution is 5.97. The summed E-state index contributed by atoms with van der Waals surface area (Å²) in [5, 5.41) is 3.53. The summed E-state index contributed by atoms with van der Waals surface area (Å²) in [6.07, 6.45) is 0. The normalized spacial score (nSPS) is 11.9. The molecule has 0 aliphatic rings. The quantitative estimate of drug-likeness (QED) is 0.863. The Hall–Kier alpha value is -2.43. The number of aromatic nitrogens is 1. The molecular weight excluding hydrogens is 256 g/mol. The third-order valence-electron chi connectivity index (χ3n) is 2.82. The zero-order valence-corrected chi connectivity index (χ0v) is 11.4. The topological polar surface area (TPSA) is 68.3 Å². The average Bonchev–Trinajstić information content (AvgIpc) is 2.46. The van der Waals surface area contributed by atoms with Crippen LogP contribution in [0.15, 0.2) is 36.4 Å². The van der Waals surface area contributed by atoms with Gasteiger partial charge in [-0.25, -0.2) is 9.78 Å². The van der Waals surface area contributed by atoms with Crippen molar-refractivity contribution < 1.29 is 14.3 Å². The van der Waals surface area contributed by atoms with Crippen molar-refractivity contribution >= 4 is 22.8 Å². The fourth-order valence-corrected chi connectivity index (χ4v) is 1.79. The van der Waals surface area contributed by atoms with Crippen molar-refractivity contribution in [3.63, 3.8) is 0 Å². The Morgan fingerprint density at radius 1 is 1.25 bits per heavy atom. The van der Waals surface area contributed by atoms with Crippen LogP contribution in [0.4, 0.5) is 0 Å². The summed E-state index contributed by atoms with van der Waals surface area (Å²) < 4.78 is 4.84. The Bertz CT molecular complexity index is 640. The minimum absolute atomic E-state index is 0.278. The van der Waals surface area contributed by atoms with Gasteiger partial charge >= 0.3 is 5.97 Å². The Labute approximate surface area is 117 Å². The van der Waals surface area contributed by atoms with E-state index in [0.29, 0.717) is 0 Å². The number of nitrogens with zero attached hydrogens (tertiary/aromatic N) is 1. The van der Waals surface area contributed by atoms with E-state index < -0.39 is 17.9 Å². The maximum atomic E-state index is 12.0. The molecule has 5 heteroatoms. The zero-order chi connectivity index (χ0) is 14.5. The predicted molar refractivity (Wildman–Crippen MR) is 75.3 cm³/mol. The third kappa shape index (κ3) is 3.12. The minimum Gasteiger partial charge on any atom is -0.464 e. The number of carbonyl (C=O) groups is 2. The molecule has 1 heterocycles. The Kier molecular flexibility index (Phi) is 4.30. The van der Waals surface area contributed by atoms with Crippen LogP contribution in [0, 0.1) is 0 Å². The van der Waals surface area contributed by atoms with Crippen molar-refractivity contribution in [1.82, 2.24) is 10.3 Å². The smallest absolute Gasteiger partial charge is 0.328 e. The van der Waals surface area contributed by atoms with E-state index in [1.807, 2.05) is 30.3 Å². The number of carbonyl (C=O) groups excluding carboxylic acids is 2. The maximum absolute atomic E-state index is 12.0. The van der Waals surface area contributed by atoms with Gasteiger partial charge in [0.25, 0.3) is 5.91 Å². The Morgan fingerprint density at radius 2 is 2.00 bits per heavy atom. The lowest BCUT2D eigenvalue weighted by molar-refractivity contribution is -0.144. The predicted octanol–water partition coefficient (Wildman–Crippen LogP) is 1.92. The van der Waals surface area contributed by atoms with E-state index in [-0.39, 0.29) is 12.3 Å². The maximum Gasteiger partial charge on any atom is 0.328 e. The number of hydrogen-bond donors (Lipinski definition) is 1. The summed E-state index contributed by atoms with van der Waals surface area (Å²) in [6.45, 7) is 3.58. The first-order chi connectivity index (χ1) is 9.61. The standard InChI is InChI=1S/C15H16N2O3/c1-3-20-15(19)10(2)16-14(18)13-9-8-11-6-4-5-7-12(11)17-13/h4-10H,3H2,1-2H3,(H,16,18). The fourth-order valence-electron chi connectivity index (χ4n) is 1.79. The van der Waals surface area contributed by atoms with E-state index >= 15 is 0 Å². The summed E-state index contributed by atoms with van der Waals surface area (Å²) in [5.74, 6) is -0.849. The summed E-state index contributed by atoms with van der Waals surface area (Å²) in [6, 6.07) is 10.3. The number of nitrogens with one attached hydrogen (secondary N) is 1. The van der Waals surface area contributed by atoms with Gasteiger partial charge in [0.05, 0.1) is 12.1 Å². The first-order valence-electron chi connectivity index (χ1n) is 6.45. The molecule has 1 atom stereocenters. The van der Waals surface area contributed by atoms with Gasteiger partial charge in [-0.15, -0.1) is 0 Å². The molecule has 2 aromatic rings. The van der Waals surface area contributed by atoms with Crippen molar-refractivity contribution in [2.45, 2.75) is 19.9 Å². The van der Waals surface area contributed by atoms with E-state index in [2.05, 4.69) is 10.3 Å². The lowest BCUT2D eigenvalue weighted by atomic mass is 10.2. The van der Waals surface area contributed by atoms with Gasteiger partial charge in [0.2, 0.25) is 0 Å². The first kappa shape index (κ1) is 14.0. The van der Waals surface area contributed by atoms with Gasteiger partial charge < -0.3 is 10.1 Å². The summed E-state index contributed by atoms with van der Waals surface area (Å²) >= 11 is 0. The number of hydrogen-bond acceptors (Lipinski definition) is 4. The van der Waals surface area contributed by atoms with E-state index in [4.69, 9.17) is 4.74 Å². The lowest BCUT2D eigenvalue weighted by Crippen LogP contribution is -2.39. The number of rotatable bonds is 4. The number of ether oxygens (including phenoxy) is 1. The van der Waals surface area contributed by atoms with Crippen LogP contribution >= 0.6 is 0 Å². The number of amides is 1. The van der Waals surface area contributed by atoms with Gasteiger partial charge in [-0.2, -0.15) is 0 Å². The fraction of sp³-hybridized carbons (Fsp3) is 0.267. The molecule has 104 valence electrons. The number of fused-ring (bicyclic) bond motifs is 1. The molecule has 5 nitrogen and oxygen atoms in total. The number of para-hydroxylation sites is 1. The average molecular weight is 272 g/mol. The molecule has 1 aromatic carbocycles. The van der Waals surface area contributed by atoms with Gasteiger partial charge in [-0.05, 0) is 26.0 Å². The Balaban J connectivity index is 2.13. The molecule has 1 amide bonds. The second-order valence-corrected chi connectivity index (χ2v) is 4.34. The van der Waals surface area contributed by atoms with Crippen LogP contribution in [0.3, 0.4) is 0 Å². The second-order valence-electron chi connectivity index (χ2n) is 4.34. The molecule has 0 aliphatic carbocycles. The van der Waals surface area contributed by atoms with E-state index in [9.17, 15) is 9.59 Å². The van der Waals surface area contributed by atoms with Crippen molar-refractivity contribution in [2.24, 2.45) is 0 Å².